The molecule has 2 aromatic carbocycles. The Hall–Kier alpha value is -3.13. The van der Waals surface area contributed by atoms with Crippen LogP contribution in [-0.4, -0.2) is 27.8 Å². The number of ether oxygens (including phenoxy) is 2. The molecule has 1 aromatic heterocycles. The Morgan fingerprint density at radius 2 is 2.18 bits per heavy atom. The lowest BCUT2D eigenvalue weighted by Crippen LogP contribution is -2.29. The summed E-state index contributed by atoms with van der Waals surface area (Å²) in [5, 5.41) is 7.15. The van der Waals surface area contributed by atoms with Gasteiger partial charge in [-0.2, -0.15) is 10.1 Å². The lowest BCUT2D eigenvalue weighted by molar-refractivity contribution is -0.117. The standard InChI is InChI=1S/C19H16ClFN4O3/c1-27-17-7-11(15-8-18(26)24-19-22-10-23-25(15)19)5-6-16(17)28-9-12-13(20)3-2-4-14(12)21/h2-7,10,15H,8-9H2,1H3,(H,22,23,24,26)/t15-/m1/s1. The molecule has 1 atom stereocenters. The highest BCUT2D eigenvalue weighted by Gasteiger charge is 2.28. The first-order valence-corrected chi connectivity index (χ1v) is 8.87. The summed E-state index contributed by atoms with van der Waals surface area (Å²) < 4.78 is 26.7. The van der Waals surface area contributed by atoms with E-state index in [1.165, 1.54) is 25.6 Å². The summed E-state index contributed by atoms with van der Waals surface area (Å²) in [5.74, 6) is 0.714. The molecule has 0 spiro atoms. The first-order valence-electron chi connectivity index (χ1n) is 8.50. The van der Waals surface area contributed by atoms with Crippen molar-refractivity contribution in [3.05, 3.63) is 64.7 Å². The van der Waals surface area contributed by atoms with Gasteiger partial charge in [-0.05, 0) is 29.8 Å². The molecule has 1 aliphatic rings. The van der Waals surface area contributed by atoms with E-state index in [9.17, 15) is 9.18 Å². The van der Waals surface area contributed by atoms with E-state index >= 15 is 0 Å². The predicted octanol–water partition coefficient (Wildman–Crippen LogP) is 3.59. The highest BCUT2D eigenvalue weighted by Crippen LogP contribution is 2.35. The molecule has 1 amide bonds. The number of amides is 1. The van der Waals surface area contributed by atoms with Gasteiger partial charge < -0.3 is 9.47 Å². The summed E-state index contributed by atoms with van der Waals surface area (Å²) in [6.07, 6.45) is 1.62. The van der Waals surface area contributed by atoms with E-state index in [0.29, 0.717) is 22.5 Å². The van der Waals surface area contributed by atoms with Crippen LogP contribution in [0.25, 0.3) is 0 Å². The zero-order chi connectivity index (χ0) is 19.7. The molecule has 28 heavy (non-hydrogen) atoms. The van der Waals surface area contributed by atoms with Crippen LogP contribution >= 0.6 is 11.6 Å². The van der Waals surface area contributed by atoms with Crippen molar-refractivity contribution < 1.29 is 18.7 Å². The largest absolute Gasteiger partial charge is 0.493 e. The van der Waals surface area contributed by atoms with Gasteiger partial charge in [-0.25, -0.2) is 9.07 Å². The van der Waals surface area contributed by atoms with Crippen molar-refractivity contribution in [2.75, 3.05) is 12.4 Å². The Labute approximate surface area is 165 Å². The Morgan fingerprint density at radius 1 is 1.32 bits per heavy atom. The normalized spacial score (nSPS) is 15.7. The first-order chi connectivity index (χ1) is 13.6. The van der Waals surface area contributed by atoms with Gasteiger partial charge in [-0.15, -0.1) is 0 Å². The SMILES string of the molecule is COc1cc([C@H]2CC(=O)Nc3ncnn32)ccc1OCc1c(F)cccc1Cl. The maximum absolute atomic E-state index is 13.9. The van der Waals surface area contributed by atoms with Crippen molar-refractivity contribution in [1.82, 2.24) is 14.8 Å². The van der Waals surface area contributed by atoms with E-state index < -0.39 is 5.82 Å². The number of methoxy groups -OCH3 is 1. The van der Waals surface area contributed by atoms with Crippen LogP contribution < -0.4 is 14.8 Å². The number of hydrogen-bond donors (Lipinski definition) is 1. The van der Waals surface area contributed by atoms with Gasteiger partial charge in [-0.1, -0.05) is 23.7 Å². The van der Waals surface area contributed by atoms with E-state index in [2.05, 4.69) is 15.4 Å². The summed E-state index contributed by atoms with van der Waals surface area (Å²) in [7, 11) is 1.51. The highest BCUT2D eigenvalue weighted by molar-refractivity contribution is 6.31. The van der Waals surface area contributed by atoms with Crippen LogP contribution in [0.4, 0.5) is 10.3 Å². The Morgan fingerprint density at radius 3 is 2.96 bits per heavy atom. The number of aromatic nitrogens is 3. The van der Waals surface area contributed by atoms with Crippen molar-refractivity contribution in [2.24, 2.45) is 0 Å². The summed E-state index contributed by atoms with van der Waals surface area (Å²) in [4.78, 5) is 16.0. The van der Waals surface area contributed by atoms with Gasteiger partial charge >= 0.3 is 0 Å². The molecular weight excluding hydrogens is 387 g/mol. The number of fused-ring (bicyclic) bond motifs is 1. The third-order valence-electron chi connectivity index (χ3n) is 4.50. The van der Waals surface area contributed by atoms with Crippen molar-refractivity contribution >= 4 is 23.5 Å². The molecular formula is C19H16ClFN4O3. The average Bonchev–Trinajstić information content (AvgIpc) is 3.15. The van der Waals surface area contributed by atoms with Crippen LogP contribution in [0.5, 0.6) is 11.5 Å². The predicted molar refractivity (Wildman–Crippen MR) is 100 cm³/mol. The van der Waals surface area contributed by atoms with Gasteiger partial charge in [0.25, 0.3) is 0 Å². The number of hydrogen-bond acceptors (Lipinski definition) is 5. The molecule has 0 fully saturated rings. The van der Waals surface area contributed by atoms with Crippen LogP contribution in [0.2, 0.25) is 5.02 Å². The summed E-state index contributed by atoms with van der Waals surface area (Å²) >= 11 is 6.04. The first kappa shape index (κ1) is 18.2. The molecule has 0 saturated heterocycles. The number of carbonyl (C=O) groups excluding carboxylic acids is 1. The summed E-state index contributed by atoms with van der Waals surface area (Å²) in [6, 6.07) is 9.46. The minimum absolute atomic E-state index is 0.0414. The molecule has 144 valence electrons. The van der Waals surface area contributed by atoms with Crippen molar-refractivity contribution in [3.63, 3.8) is 0 Å². The Bertz CT molecular complexity index is 1020. The zero-order valence-corrected chi connectivity index (χ0v) is 15.6. The van der Waals surface area contributed by atoms with E-state index in [1.807, 2.05) is 6.07 Å². The minimum Gasteiger partial charge on any atom is -0.493 e. The second-order valence-corrected chi connectivity index (χ2v) is 6.60. The Balaban J connectivity index is 1.60. The number of rotatable bonds is 5. The van der Waals surface area contributed by atoms with E-state index in [1.54, 1.807) is 22.9 Å². The van der Waals surface area contributed by atoms with Crippen LogP contribution in [0.15, 0.2) is 42.7 Å². The fraction of sp³-hybridized carbons (Fsp3) is 0.211. The minimum atomic E-state index is -0.435. The van der Waals surface area contributed by atoms with Crippen LogP contribution in [-0.2, 0) is 11.4 Å². The highest BCUT2D eigenvalue weighted by atomic mass is 35.5. The third kappa shape index (κ3) is 3.38. The van der Waals surface area contributed by atoms with Gasteiger partial charge in [0.05, 0.1) is 24.6 Å². The molecule has 7 nitrogen and oxygen atoms in total. The number of nitrogens with one attached hydrogen (secondary N) is 1. The van der Waals surface area contributed by atoms with E-state index in [-0.39, 0.29) is 30.5 Å². The maximum atomic E-state index is 13.9. The maximum Gasteiger partial charge on any atom is 0.229 e. The third-order valence-corrected chi connectivity index (χ3v) is 4.86. The Kier molecular flexibility index (Phi) is 4.87. The molecule has 9 heteroatoms. The molecule has 3 aromatic rings. The van der Waals surface area contributed by atoms with Crippen LogP contribution in [0, 0.1) is 5.82 Å². The molecule has 4 rings (SSSR count). The topological polar surface area (TPSA) is 78.3 Å². The van der Waals surface area contributed by atoms with Gasteiger partial charge in [-0.3, -0.25) is 10.1 Å². The van der Waals surface area contributed by atoms with Crippen LogP contribution in [0.1, 0.15) is 23.6 Å². The molecule has 0 aliphatic carbocycles. The zero-order valence-electron chi connectivity index (χ0n) is 14.9. The smallest absolute Gasteiger partial charge is 0.229 e. The second kappa shape index (κ2) is 7.47. The lowest BCUT2D eigenvalue weighted by atomic mass is 10.0. The van der Waals surface area contributed by atoms with Crippen molar-refractivity contribution in [2.45, 2.75) is 19.1 Å². The number of anilines is 1. The number of benzene rings is 2. The van der Waals surface area contributed by atoms with Crippen LogP contribution in [0.3, 0.4) is 0 Å². The number of carbonyl (C=O) groups is 1. The molecule has 1 aliphatic heterocycles. The molecule has 0 radical (unpaired) electrons. The van der Waals surface area contributed by atoms with Gasteiger partial charge in [0.2, 0.25) is 11.9 Å². The average molecular weight is 403 g/mol. The lowest BCUT2D eigenvalue weighted by Gasteiger charge is -2.24. The van der Waals surface area contributed by atoms with Crippen molar-refractivity contribution in [3.8, 4) is 11.5 Å². The molecule has 2 heterocycles. The van der Waals surface area contributed by atoms with Crippen molar-refractivity contribution in [1.29, 1.82) is 0 Å². The molecule has 0 unspecified atom stereocenters. The second-order valence-electron chi connectivity index (χ2n) is 6.20. The number of nitrogens with zero attached hydrogens (tertiary/aromatic N) is 3. The molecule has 1 N–H and O–H groups in total. The number of halogens is 2. The monoisotopic (exact) mass is 402 g/mol. The summed E-state index contributed by atoms with van der Waals surface area (Å²) in [6.45, 7) is -0.0414. The molecule has 0 bridgehead atoms. The van der Waals surface area contributed by atoms with E-state index in [0.717, 1.165) is 5.56 Å². The quantitative estimate of drug-likeness (QED) is 0.705. The van der Waals surface area contributed by atoms with Gasteiger partial charge in [0.1, 0.15) is 18.8 Å². The summed E-state index contributed by atoms with van der Waals surface area (Å²) in [5.41, 5.74) is 1.08. The van der Waals surface area contributed by atoms with Gasteiger partial charge in [0.15, 0.2) is 11.5 Å². The van der Waals surface area contributed by atoms with E-state index in [4.69, 9.17) is 21.1 Å². The fourth-order valence-electron chi connectivity index (χ4n) is 3.10. The molecule has 0 saturated carbocycles. The fourth-order valence-corrected chi connectivity index (χ4v) is 3.31. The van der Waals surface area contributed by atoms with Gasteiger partial charge in [0, 0.05) is 5.56 Å².